The average molecular weight is 279 g/mol. The van der Waals surface area contributed by atoms with E-state index in [1.807, 2.05) is 5.38 Å². The lowest BCUT2D eigenvalue weighted by Gasteiger charge is -2.14. The van der Waals surface area contributed by atoms with Crippen molar-refractivity contribution in [1.29, 1.82) is 0 Å². The fourth-order valence-corrected chi connectivity index (χ4v) is 2.74. The lowest BCUT2D eigenvalue weighted by molar-refractivity contribution is 0.0951. The Morgan fingerprint density at radius 2 is 2.32 bits per heavy atom. The highest BCUT2D eigenvalue weighted by atomic mass is 32.1. The highest BCUT2D eigenvalue weighted by molar-refractivity contribution is 7.07. The van der Waals surface area contributed by atoms with Gasteiger partial charge in [-0.05, 0) is 47.2 Å². The van der Waals surface area contributed by atoms with E-state index >= 15 is 0 Å². The fraction of sp³-hybridized carbons (Fsp3) is 0.357. The number of rotatable bonds is 7. The summed E-state index contributed by atoms with van der Waals surface area (Å²) in [7, 11) is 0. The quantitative estimate of drug-likeness (QED) is 0.819. The summed E-state index contributed by atoms with van der Waals surface area (Å²) in [5.41, 5.74) is 1.77. The highest BCUT2D eigenvalue weighted by Crippen LogP contribution is 2.24. The summed E-state index contributed by atoms with van der Waals surface area (Å²) >= 11 is 1.65. The van der Waals surface area contributed by atoms with E-state index in [9.17, 15) is 4.79 Å². The Kier molecular flexibility index (Phi) is 5.18. The zero-order valence-electron chi connectivity index (χ0n) is 10.5. The molecule has 0 saturated carbocycles. The minimum Gasteiger partial charge on any atom is -0.472 e. The van der Waals surface area contributed by atoms with Gasteiger partial charge < -0.3 is 14.8 Å². The first kappa shape index (κ1) is 13.8. The van der Waals surface area contributed by atoms with Crippen molar-refractivity contribution >= 4 is 17.2 Å². The molecule has 0 unspecified atom stereocenters. The molecule has 5 heteroatoms. The average Bonchev–Trinajstić information content (AvgIpc) is 3.10. The van der Waals surface area contributed by atoms with Crippen molar-refractivity contribution in [2.45, 2.75) is 18.8 Å². The Hall–Kier alpha value is -1.59. The lowest BCUT2D eigenvalue weighted by atomic mass is 9.95. The van der Waals surface area contributed by atoms with Gasteiger partial charge in [0.2, 0.25) is 0 Å². The second kappa shape index (κ2) is 7.11. The predicted octanol–water partition coefficient (Wildman–Crippen LogP) is 2.63. The van der Waals surface area contributed by atoms with E-state index in [2.05, 4.69) is 16.8 Å². The van der Waals surface area contributed by atoms with Crippen LogP contribution in [0.3, 0.4) is 0 Å². The Bertz CT molecular complexity index is 479. The van der Waals surface area contributed by atoms with Crippen LogP contribution in [-0.4, -0.2) is 24.2 Å². The molecule has 2 heterocycles. The Labute approximate surface area is 116 Å². The van der Waals surface area contributed by atoms with Crippen molar-refractivity contribution in [1.82, 2.24) is 5.32 Å². The summed E-state index contributed by atoms with van der Waals surface area (Å²) in [5.74, 6) is 0.169. The number of furan rings is 1. The number of aliphatic hydroxyl groups is 1. The van der Waals surface area contributed by atoms with Gasteiger partial charge in [0.1, 0.15) is 6.26 Å². The number of aliphatic hydroxyl groups excluding tert-OH is 1. The molecule has 0 radical (unpaired) electrons. The third-order valence-corrected chi connectivity index (χ3v) is 3.76. The molecule has 102 valence electrons. The summed E-state index contributed by atoms with van der Waals surface area (Å²) in [4.78, 5) is 11.7. The zero-order valence-corrected chi connectivity index (χ0v) is 11.4. The number of carbonyl (C=O) groups is 1. The summed E-state index contributed by atoms with van der Waals surface area (Å²) in [6.07, 6.45) is 4.45. The molecule has 2 N–H and O–H groups in total. The molecule has 0 spiro atoms. The monoisotopic (exact) mass is 279 g/mol. The molecule has 2 aromatic heterocycles. The molecule has 0 aromatic carbocycles. The largest absolute Gasteiger partial charge is 0.472 e. The summed E-state index contributed by atoms with van der Waals surface area (Å²) in [6, 6.07) is 3.71. The molecular formula is C14H17NO3S. The van der Waals surface area contributed by atoms with Crippen LogP contribution in [0.1, 0.15) is 34.7 Å². The van der Waals surface area contributed by atoms with Crippen LogP contribution in [-0.2, 0) is 0 Å². The van der Waals surface area contributed by atoms with Crippen molar-refractivity contribution in [3.8, 4) is 0 Å². The van der Waals surface area contributed by atoms with Crippen molar-refractivity contribution in [3.63, 3.8) is 0 Å². The maximum absolute atomic E-state index is 11.7. The van der Waals surface area contributed by atoms with Crippen LogP contribution < -0.4 is 5.32 Å². The first-order chi connectivity index (χ1) is 9.31. The Morgan fingerprint density at radius 3 is 2.95 bits per heavy atom. The second-order valence-electron chi connectivity index (χ2n) is 4.32. The van der Waals surface area contributed by atoms with Gasteiger partial charge in [-0.3, -0.25) is 4.79 Å². The van der Waals surface area contributed by atoms with Gasteiger partial charge in [-0.25, -0.2) is 0 Å². The number of hydrogen-bond donors (Lipinski definition) is 2. The molecular weight excluding hydrogens is 262 g/mol. The fourth-order valence-electron chi connectivity index (χ4n) is 2.00. The van der Waals surface area contributed by atoms with Gasteiger partial charge in [0.25, 0.3) is 5.91 Å². The molecule has 0 aliphatic carbocycles. The van der Waals surface area contributed by atoms with Crippen LogP contribution >= 0.6 is 11.3 Å². The number of nitrogens with one attached hydrogen (secondary N) is 1. The van der Waals surface area contributed by atoms with Crippen LogP contribution in [0.15, 0.2) is 39.8 Å². The molecule has 1 atom stereocenters. The summed E-state index contributed by atoms with van der Waals surface area (Å²) in [5, 5.41) is 16.1. The Morgan fingerprint density at radius 1 is 1.42 bits per heavy atom. The van der Waals surface area contributed by atoms with E-state index in [0.717, 1.165) is 12.8 Å². The first-order valence-electron chi connectivity index (χ1n) is 6.24. The molecule has 0 bridgehead atoms. The van der Waals surface area contributed by atoms with Crippen molar-refractivity contribution in [2.24, 2.45) is 0 Å². The lowest BCUT2D eigenvalue weighted by Crippen LogP contribution is -2.25. The Balaban J connectivity index is 1.81. The number of hydrogen-bond acceptors (Lipinski definition) is 4. The maximum atomic E-state index is 11.7. The van der Waals surface area contributed by atoms with Gasteiger partial charge in [-0.1, -0.05) is 0 Å². The van der Waals surface area contributed by atoms with Gasteiger partial charge in [-0.15, -0.1) is 0 Å². The minimum absolute atomic E-state index is 0.123. The molecule has 2 rings (SSSR count). The van der Waals surface area contributed by atoms with Crippen molar-refractivity contribution in [2.75, 3.05) is 13.2 Å². The smallest absolute Gasteiger partial charge is 0.254 e. The van der Waals surface area contributed by atoms with Crippen LogP contribution in [0.25, 0.3) is 0 Å². The molecule has 4 nitrogen and oxygen atoms in total. The predicted molar refractivity (Wildman–Crippen MR) is 74.4 cm³/mol. The molecule has 1 amide bonds. The molecule has 2 aromatic rings. The van der Waals surface area contributed by atoms with Gasteiger partial charge in [-0.2, -0.15) is 11.3 Å². The van der Waals surface area contributed by atoms with Crippen molar-refractivity contribution in [3.05, 3.63) is 46.5 Å². The normalized spacial score (nSPS) is 12.3. The number of thiophene rings is 1. The summed E-state index contributed by atoms with van der Waals surface area (Å²) in [6.45, 7) is 0.751. The van der Waals surface area contributed by atoms with E-state index < -0.39 is 0 Å². The molecule has 0 saturated heterocycles. The SMILES string of the molecule is O=C(NCC[C@H](CCO)c1ccsc1)c1ccoc1. The van der Waals surface area contributed by atoms with Crippen molar-refractivity contribution < 1.29 is 14.3 Å². The topological polar surface area (TPSA) is 62.5 Å². The van der Waals surface area contributed by atoms with E-state index in [1.165, 1.54) is 18.1 Å². The highest BCUT2D eigenvalue weighted by Gasteiger charge is 2.12. The van der Waals surface area contributed by atoms with Gasteiger partial charge in [0, 0.05) is 13.2 Å². The molecule has 0 fully saturated rings. The first-order valence-corrected chi connectivity index (χ1v) is 7.19. The maximum Gasteiger partial charge on any atom is 0.254 e. The van der Waals surface area contributed by atoms with E-state index in [1.54, 1.807) is 17.4 Å². The zero-order chi connectivity index (χ0) is 13.5. The van der Waals surface area contributed by atoms with Crippen LogP contribution in [0, 0.1) is 0 Å². The van der Waals surface area contributed by atoms with Crippen LogP contribution in [0.5, 0.6) is 0 Å². The second-order valence-corrected chi connectivity index (χ2v) is 5.10. The van der Waals surface area contributed by atoms with Gasteiger partial charge in [0.15, 0.2) is 0 Å². The molecule has 0 aliphatic rings. The van der Waals surface area contributed by atoms with E-state index in [4.69, 9.17) is 9.52 Å². The third kappa shape index (κ3) is 3.94. The standard InChI is InChI=1S/C14H17NO3S/c16-6-2-11(13-4-8-19-10-13)1-5-15-14(17)12-3-7-18-9-12/h3-4,7-11,16H,1-2,5-6H2,(H,15,17)/t11-/m1/s1. The number of amides is 1. The van der Waals surface area contributed by atoms with Crippen LogP contribution in [0.4, 0.5) is 0 Å². The summed E-state index contributed by atoms with van der Waals surface area (Å²) < 4.78 is 4.87. The van der Waals surface area contributed by atoms with E-state index in [0.29, 0.717) is 18.0 Å². The van der Waals surface area contributed by atoms with Crippen LogP contribution in [0.2, 0.25) is 0 Å². The van der Waals surface area contributed by atoms with E-state index in [-0.39, 0.29) is 12.5 Å². The third-order valence-electron chi connectivity index (χ3n) is 3.05. The molecule has 19 heavy (non-hydrogen) atoms. The minimum atomic E-state index is -0.123. The van der Waals surface area contributed by atoms with Gasteiger partial charge in [0.05, 0.1) is 11.8 Å². The van der Waals surface area contributed by atoms with Gasteiger partial charge >= 0.3 is 0 Å². The molecule has 0 aliphatic heterocycles. The number of carbonyl (C=O) groups excluding carboxylic acids is 1.